The van der Waals surface area contributed by atoms with Crippen LogP contribution in [0, 0.1) is 11.6 Å². The molecule has 4 nitrogen and oxygen atoms in total. The molecule has 1 N–H and O–H groups in total. The monoisotopic (exact) mass is 359 g/mol. The minimum atomic E-state index is -0.801. The maximum atomic E-state index is 13.8. The van der Waals surface area contributed by atoms with E-state index in [1.807, 2.05) is 6.07 Å². The largest absolute Gasteiger partial charge is 0.493 e. The van der Waals surface area contributed by atoms with Crippen LogP contribution in [0.3, 0.4) is 0 Å². The maximum Gasteiger partial charge on any atom is 0.257 e. The quantitative estimate of drug-likeness (QED) is 0.900. The van der Waals surface area contributed by atoms with E-state index in [-0.39, 0.29) is 11.5 Å². The average Bonchev–Trinajstić information content (AvgIpc) is 3.10. The van der Waals surface area contributed by atoms with Crippen LogP contribution in [0.5, 0.6) is 5.75 Å². The third-order valence-electron chi connectivity index (χ3n) is 5.13. The number of ether oxygens (including phenoxy) is 1. The van der Waals surface area contributed by atoms with Crippen LogP contribution in [0.4, 0.5) is 8.78 Å². The van der Waals surface area contributed by atoms with Crippen molar-refractivity contribution in [1.29, 1.82) is 0 Å². The first-order chi connectivity index (χ1) is 12.6. The lowest BCUT2D eigenvalue weighted by Crippen LogP contribution is -3.13. The molecule has 136 valence electrons. The molecule has 0 atom stereocenters. The zero-order chi connectivity index (χ0) is 18.1. The van der Waals surface area contributed by atoms with Crippen molar-refractivity contribution in [2.24, 2.45) is 0 Å². The van der Waals surface area contributed by atoms with E-state index >= 15 is 0 Å². The van der Waals surface area contributed by atoms with Gasteiger partial charge in [0.1, 0.15) is 23.9 Å². The van der Waals surface area contributed by atoms with Gasteiger partial charge in [-0.1, -0.05) is 0 Å². The van der Waals surface area contributed by atoms with Gasteiger partial charge in [0.2, 0.25) is 0 Å². The second-order valence-corrected chi connectivity index (χ2v) is 6.88. The summed E-state index contributed by atoms with van der Waals surface area (Å²) in [5.41, 5.74) is 2.48. The number of piperazine rings is 1. The minimum Gasteiger partial charge on any atom is -0.493 e. The van der Waals surface area contributed by atoms with Crippen LogP contribution in [0.25, 0.3) is 0 Å². The summed E-state index contributed by atoms with van der Waals surface area (Å²) in [5.74, 6) is -0.852. The minimum absolute atomic E-state index is 0.0616. The normalized spacial score (nSPS) is 17.1. The molecule has 0 spiro atoms. The SMILES string of the molecule is O=C(c1ccc(F)cc1F)N1CC[NH+](Cc2ccc3c(c2)CCO3)CC1. The molecule has 2 aromatic carbocycles. The highest BCUT2D eigenvalue weighted by Gasteiger charge is 2.26. The van der Waals surface area contributed by atoms with Crippen molar-refractivity contribution >= 4 is 5.91 Å². The number of hydrogen-bond acceptors (Lipinski definition) is 2. The predicted molar refractivity (Wildman–Crippen MR) is 92.3 cm³/mol. The highest BCUT2D eigenvalue weighted by Crippen LogP contribution is 2.25. The van der Waals surface area contributed by atoms with Gasteiger partial charge in [-0.05, 0) is 35.9 Å². The Bertz CT molecular complexity index is 833. The number of hydrogen-bond donors (Lipinski definition) is 1. The zero-order valence-electron chi connectivity index (χ0n) is 14.4. The van der Waals surface area contributed by atoms with Crippen LogP contribution in [-0.2, 0) is 13.0 Å². The van der Waals surface area contributed by atoms with Gasteiger partial charge in [-0.15, -0.1) is 0 Å². The second kappa shape index (κ2) is 7.03. The van der Waals surface area contributed by atoms with Crippen LogP contribution in [0.2, 0.25) is 0 Å². The third kappa shape index (κ3) is 3.42. The lowest BCUT2D eigenvalue weighted by atomic mass is 10.1. The van der Waals surface area contributed by atoms with Gasteiger partial charge in [0.05, 0.1) is 38.3 Å². The van der Waals surface area contributed by atoms with E-state index in [0.29, 0.717) is 13.1 Å². The summed E-state index contributed by atoms with van der Waals surface area (Å²) >= 11 is 0. The van der Waals surface area contributed by atoms with Crippen molar-refractivity contribution in [3.05, 3.63) is 64.7 Å². The lowest BCUT2D eigenvalue weighted by Gasteiger charge is -2.32. The molecule has 6 heteroatoms. The standard InChI is InChI=1S/C20H20F2N2O2/c21-16-2-3-17(18(22)12-16)20(25)24-8-6-23(7-9-24)13-14-1-4-19-15(11-14)5-10-26-19/h1-4,11-12H,5-10,13H2/p+1. The Hall–Kier alpha value is -2.47. The molecular formula is C20H21F2N2O2+. The number of rotatable bonds is 3. The summed E-state index contributed by atoms with van der Waals surface area (Å²) in [6.07, 6.45) is 0.962. The number of nitrogens with zero attached hydrogens (tertiary/aromatic N) is 1. The molecule has 2 aliphatic heterocycles. The summed E-state index contributed by atoms with van der Waals surface area (Å²) in [6.45, 7) is 4.41. The smallest absolute Gasteiger partial charge is 0.257 e. The number of halogens is 2. The summed E-state index contributed by atoms with van der Waals surface area (Å²) in [6, 6.07) is 9.44. The first-order valence-electron chi connectivity index (χ1n) is 8.92. The molecule has 0 aromatic heterocycles. The highest BCUT2D eigenvalue weighted by atomic mass is 19.1. The van der Waals surface area contributed by atoms with Gasteiger partial charge in [0.15, 0.2) is 0 Å². The molecule has 26 heavy (non-hydrogen) atoms. The number of amides is 1. The van der Waals surface area contributed by atoms with Crippen LogP contribution in [-0.4, -0.2) is 43.6 Å². The van der Waals surface area contributed by atoms with E-state index < -0.39 is 11.6 Å². The van der Waals surface area contributed by atoms with E-state index in [0.717, 1.165) is 50.5 Å². The van der Waals surface area contributed by atoms with Gasteiger partial charge in [-0.2, -0.15) is 0 Å². The van der Waals surface area contributed by atoms with Gasteiger partial charge >= 0.3 is 0 Å². The molecule has 0 bridgehead atoms. The third-order valence-corrected chi connectivity index (χ3v) is 5.13. The van der Waals surface area contributed by atoms with E-state index in [9.17, 15) is 13.6 Å². The summed E-state index contributed by atoms with van der Waals surface area (Å²) in [7, 11) is 0. The highest BCUT2D eigenvalue weighted by molar-refractivity contribution is 5.94. The molecule has 1 saturated heterocycles. The van der Waals surface area contributed by atoms with Gasteiger partial charge in [-0.3, -0.25) is 4.79 Å². The van der Waals surface area contributed by atoms with Crippen molar-refractivity contribution in [1.82, 2.24) is 4.90 Å². The molecular weight excluding hydrogens is 338 g/mol. The Kier molecular flexibility index (Phi) is 4.59. The number of nitrogens with one attached hydrogen (secondary N) is 1. The van der Waals surface area contributed by atoms with Gasteiger partial charge in [-0.25, -0.2) is 8.78 Å². The Labute approximate surface area is 151 Å². The number of carbonyl (C=O) groups is 1. The van der Waals surface area contributed by atoms with Gasteiger partial charge < -0.3 is 14.5 Å². The van der Waals surface area contributed by atoms with Crippen molar-refractivity contribution < 1.29 is 23.2 Å². The number of carbonyl (C=O) groups excluding carboxylic acids is 1. The van der Waals surface area contributed by atoms with Crippen LogP contribution >= 0.6 is 0 Å². The van der Waals surface area contributed by atoms with Gasteiger partial charge in [0.25, 0.3) is 5.91 Å². The van der Waals surface area contributed by atoms with E-state index in [4.69, 9.17) is 4.74 Å². The van der Waals surface area contributed by atoms with Crippen molar-refractivity contribution in [3.63, 3.8) is 0 Å². The Morgan fingerprint density at radius 1 is 1.12 bits per heavy atom. The molecule has 0 unspecified atom stereocenters. The Morgan fingerprint density at radius 2 is 1.92 bits per heavy atom. The lowest BCUT2D eigenvalue weighted by molar-refractivity contribution is -0.917. The number of quaternary nitrogens is 1. The van der Waals surface area contributed by atoms with Crippen molar-refractivity contribution in [2.75, 3.05) is 32.8 Å². The topological polar surface area (TPSA) is 34.0 Å². The summed E-state index contributed by atoms with van der Waals surface area (Å²) in [5, 5.41) is 0. The first-order valence-corrected chi connectivity index (χ1v) is 8.92. The second-order valence-electron chi connectivity index (χ2n) is 6.88. The molecule has 0 aliphatic carbocycles. The fourth-order valence-electron chi connectivity index (χ4n) is 3.67. The average molecular weight is 359 g/mol. The van der Waals surface area contributed by atoms with Crippen LogP contribution < -0.4 is 9.64 Å². The molecule has 0 saturated carbocycles. The molecule has 4 rings (SSSR count). The number of benzene rings is 2. The predicted octanol–water partition coefficient (Wildman–Crippen LogP) is 1.44. The summed E-state index contributed by atoms with van der Waals surface area (Å²) < 4.78 is 32.4. The molecule has 2 heterocycles. The first kappa shape index (κ1) is 17.0. The molecule has 2 aromatic rings. The van der Waals surface area contributed by atoms with Crippen molar-refractivity contribution in [3.8, 4) is 5.75 Å². The number of fused-ring (bicyclic) bond motifs is 1. The fraction of sp³-hybridized carbons (Fsp3) is 0.350. The Balaban J connectivity index is 1.36. The summed E-state index contributed by atoms with van der Waals surface area (Å²) in [4.78, 5) is 15.5. The van der Waals surface area contributed by atoms with Crippen LogP contribution in [0.15, 0.2) is 36.4 Å². The van der Waals surface area contributed by atoms with Crippen LogP contribution in [0.1, 0.15) is 21.5 Å². The fourth-order valence-corrected chi connectivity index (χ4v) is 3.67. The molecule has 1 amide bonds. The van der Waals surface area contributed by atoms with E-state index in [1.54, 1.807) is 4.90 Å². The van der Waals surface area contributed by atoms with E-state index in [1.165, 1.54) is 22.1 Å². The maximum absolute atomic E-state index is 13.8. The zero-order valence-corrected chi connectivity index (χ0v) is 14.4. The van der Waals surface area contributed by atoms with Crippen molar-refractivity contribution in [2.45, 2.75) is 13.0 Å². The molecule has 2 aliphatic rings. The molecule has 1 fully saturated rings. The van der Waals surface area contributed by atoms with Gasteiger partial charge in [0, 0.05) is 18.1 Å². The van der Waals surface area contributed by atoms with E-state index in [2.05, 4.69) is 12.1 Å². The molecule has 0 radical (unpaired) electrons. The Morgan fingerprint density at radius 3 is 2.69 bits per heavy atom.